The van der Waals surface area contributed by atoms with Crippen molar-refractivity contribution in [3.8, 4) is 12.1 Å². The molecule has 0 spiro atoms. The molecule has 2 aromatic rings. The Labute approximate surface area is 116 Å². The van der Waals surface area contributed by atoms with E-state index in [1.54, 1.807) is 42.5 Å². The predicted molar refractivity (Wildman–Crippen MR) is 76.1 cm³/mol. The number of halogens is 1. The van der Waals surface area contributed by atoms with E-state index in [1.807, 2.05) is 12.1 Å². The minimum Gasteiger partial charge on any atom is -0.399 e. The van der Waals surface area contributed by atoms with E-state index in [4.69, 9.17) is 33.6 Å². The Kier molecular flexibility index (Phi) is 5.22. The van der Waals surface area contributed by atoms with E-state index < -0.39 is 0 Å². The van der Waals surface area contributed by atoms with Crippen molar-refractivity contribution < 1.29 is 0 Å². The van der Waals surface area contributed by atoms with Gasteiger partial charge < -0.3 is 11.5 Å². The summed E-state index contributed by atoms with van der Waals surface area (Å²) >= 11 is 5.58. The lowest BCUT2D eigenvalue weighted by atomic mass is 10.2. The van der Waals surface area contributed by atoms with E-state index in [0.717, 1.165) is 0 Å². The van der Waals surface area contributed by atoms with Crippen LogP contribution >= 0.6 is 11.6 Å². The zero-order chi connectivity index (χ0) is 14.3. The molecule has 2 rings (SSSR count). The number of hydrogen-bond acceptors (Lipinski definition) is 4. The summed E-state index contributed by atoms with van der Waals surface area (Å²) in [5.74, 6) is 0. The van der Waals surface area contributed by atoms with Gasteiger partial charge in [-0.15, -0.1) is 0 Å². The molecule has 5 heteroatoms. The molecule has 94 valence electrons. The van der Waals surface area contributed by atoms with Crippen LogP contribution in [-0.4, -0.2) is 0 Å². The van der Waals surface area contributed by atoms with E-state index >= 15 is 0 Å². The highest BCUT2D eigenvalue weighted by Gasteiger charge is 1.96. The van der Waals surface area contributed by atoms with E-state index in [0.29, 0.717) is 27.5 Å². The highest BCUT2D eigenvalue weighted by atomic mass is 35.5. The van der Waals surface area contributed by atoms with Gasteiger partial charge in [0.1, 0.15) is 6.07 Å². The second-order valence-corrected chi connectivity index (χ2v) is 4.01. The van der Waals surface area contributed by atoms with Crippen LogP contribution in [0, 0.1) is 22.7 Å². The van der Waals surface area contributed by atoms with Crippen LogP contribution in [0.1, 0.15) is 11.1 Å². The predicted octanol–water partition coefficient (Wildman–Crippen LogP) is 2.93. The minimum absolute atomic E-state index is 0.426. The molecule has 0 radical (unpaired) electrons. The highest BCUT2D eigenvalue weighted by Crippen LogP contribution is 2.16. The van der Waals surface area contributed by atoms with Gasteiger partial charge in [0, 0.05) is 10.7 Å². The van der Waals surface area contributed by atoms with E-state index in [-0.39, 0.29) is 0 Å². The molecule has 0 fully saturated rings. The van der Waals surface area contributed by atoms with Crippen molar-refractivity contribution in [3.63, 3.8) is 0 Å². The largest absolute Gasteiger partial charge is 0.399 e. The van der Waals surface area contributed by atoms with Gasteiger partial charge in [-0.1, -0.05) is 11.6 Å². The first-order chi connectivity index (χ1) is 9.06. The highest BCUT2D eigenvalue weighted by molar-refractivity contribution is 6.30. The van der Waals surface area contributed by atoms with Crippen LogP contribution < -0.4 is 11.5 Å². The Morgan fingerprint density at radius 2 is 1.53 bits per heavy atom. The monoisotopic (exact) mass is 270 g/mol. The minimum atomic E-state index is 0.426. The number of anilines is 2. The molecule has 0 unspecified atom stereocenters. The zero-order valence-electron chi connectivity index (χ0n) is 9.97. The molecule has 19 heavy (non-hydrogen) atoms. The molecular formula is C14H11ClN4. The van der Waals surface area contributed by atoms with Gasteiger partial charge in [-0.3, -0.25) is 0 Å². The van der Waals surface area contributed by atoms with Crippen LogP contribution in [0.5, 0.6) is 0 Å². The first kappa shape index (κ1) is 14.4. The topological polar surface area (TPSA) is 99.6 Å². The van der Waals surface area contributed by atoms with Gasteiger partial charge in [-0.2, -0.15) is 10.5 Å². The second kappa shape index (κ2) is 6.90. The Morgan fingerprint density at radius 1 is 0.895 bits per heavy atom. The average molecular weight is 271 g/mol. The van der Waals surface area contributed by atoms with Crippen molar-refractivity contribution in [1.82, 2.24) is 0 Å². The third-order valence-corrected chi connectivity index (χ3v) is 2.41. The number of nitriles is 2. The molecule has 4 nitrogen and oxygen atoms in total. The molecule has 0 saturated heterocycles. The van der Waals surface area contributed by atoms with E-state index in [9.17, 15) is 0 Å². The first-order valence-electron chi connectivity index (χ1n) is 5.27. The lowest BCUT2D eigenvalue weighted by Crippen LogP contribution is -1.88. The van der Waals surface area contributed by atoms with Gasteiger partial charge in [-0.25, -0.2) is 0 Å². The second-order valence-electron chi connectivity index (χ2n) is 3.58. The summed E-state index contributed by atoms with van der Waals surface area (Å²) < 4.78 is 0. The van der Waals surface area contributed by atoms with Gasteiger partial charge >= 0.3 is 0 Å². The van der Waals surface area contributed by atoms with Crippen molar-refractivity contribution in [2.24, 2.45) is 0 Å². The first-order valence-corrected chi connectivity index (χ1v) is 5.65. The summed E-state index contributed by atoms with van der Waals surface area (Å²) in [4.78, 5) is 0. The Balaban J connectivity index is 0.000000191. The molecular weight excluding hydrogens is 260 g/mol. The van der Waals surface area contributed by atoms with Crippen molar-refractivity contribution in [2.45, 2.75) is 0 Å². The molecule has 4 N–H and O–H groups in total. The molecule has 0 aliphatic carbocycles. The summed E-state index contributed by atoms with van der Waals surface area (Å²) in [6.45, 7) is 0. The Morgan fingerprint density at radius 3 is 2.00 bits per heavy atom. The standard InChI is InChI=1S/C7H5ClN2.C7H6N2/c8-6-2-1-5(4-9)7(10)3-6;8-5-6-1-3-7(9)4-2-6/h1-3H,10H2;1-4H,9H2. The van der Waals surface area contributed by atoms with Crippen molar-refractivity contribution in [2.75, 3.05) is 11.5 Å². The molecule has 0 saturated carbocycles. The van der Waals surface area contributed by atoms with Gasteiger partial charge in [-0.05, 0) is 42.5 Å². The number of hydrogen-bond donors (Lipinski definition) is 2. The fraction of sp³-hybridized carbons (Fsp3) is 0. The fourth-order valence-corrected chi connectivity index (χ4v) is 1.37. The van der Waals surface area contributed by atoms with Crippen molar-refractivity contribution >= 4 is 23.0 Å². The van der Waals surface area contributed by atoms with Crippen LogP contribution in [0.2, 0.25) is 5.02 Å². The lowest BCUT2D eigenvalue weighted by Gasteiger charge is -1.94. The molecule has 0 heterocycles. The van der Waals surface area contributed by atoms with E-state index in [1.165, 1.54) is 0 Å². The number of nitrogens with two attached hydrogens (primary N) is 2. The van der Waals surface area contributed by atoms with Crippen LogP contribution in [0.3, 0.4) is 0 Å². The number of rotatable bonds is 0. The maximum Gasteiger partial charge on any atom is 0.101 e. The normalized spacial score (nSPS) is 8.58. The molecule has 0 atom stereocenters. The number of nitrogen functional groups attached to an aromatic ring is 2. The van der Waals surface area contributed by atoms with Crippen molar-refractivity contribution in [3.05, 3.63) is 58.6 Å². The Hall–Kier alpha value is -2.69. The third kappa shape index (κ3) is 4.59. The van der Waals surface area contributed by atoms with Crippen LogP contribution in [0.25, 0.3) is 0 Å². The maximum absolute atomic E-state index is 8.44. The van der Waals surface area contributed by atoms with Gasteiger partial charge in [0.2, 0.25) is 0 Å². The quantitative estimate of drug-likeness (QED) is 0.719. The molecule has 0 bridgehead atoms. The molecule has 0 amide bonds. The average Bonchev–Trinajstić information content (AvgIpc) is 2.40. The molecule has 0 aliphatic heterocycles. The molecule has 0 aromatic heterocycles. The lowest BCUT2D eigenvalue weighted by molar-refractivity contribution is 1.48. The number of benzene rings is 2. The summed E-state index contributed by atoms with van der Waals surface area (Å²) in [7, 11) is 0. The summed E-state index contributed by atoms with van der Waals surface area (Å²) in [5.41, 5.74) is 13.0. The van der Waals surface area contributed by atoms with Gasteiger partial charge in [0.15, 0.2) is 0 Å². The smallest absolute Gasteiger partial charge is 0.101 e. The van der Waals surface area contributed by atoms with Crippen LogP contribution in [0.4, 0.5) is 11.4 Å². The maximum atomic E-state index is 8.44. The summed E-state index contributed by atoms with van der Waals surface area (Å²) in [6, 6.07) is 15.5. The van der Waals surface area contributed by atoms with E-state index in [2.05, 4.69) is 0 Å². The van der Waals surface area contributed by atoms with Crippen molar-refractivity contribution in [1.29, 1.82) is 10.5 Å². The summed E-state index contributed by atoms with van der Waals surface area (Å²) in [6.07, 6.45) is 0. The Bertz CT molecular complexity index is 636. The number of nitrogens with zero attached hydrogens (tertiary/aromatic N) is 2. The molecule has 0 aliphatic rings. The summed E-state index contributed by atoms with van der Waals surface area (Å²) in [5, 5.41) is 17.3. The van der Waals surface area contributed by atoms with Crippen LogP contribution in [0.15, 0.2) is 42.5 Å². The third-order valence-electron chi connectivity index (χ3n) is 2.17. The van der Waals surface area contributed by atoms with Gasteiger partial charge in [0.05, 0.1) is 22.9 Å². The zero-order valence-corrected chi connectivity index (χ0v) is 10.7. The van der Waals surface area contributed by atoms with Crippen LogP contribution in [-0.2, 0) is 0 Å². The fourth-order valence-electron chi connectivity index (χ4n) is 1.19. The molecule has 2 aromatic carbocycles. The SMILES string of the molecule is N#Cc1ccc(Cl)cc1N.N#Cc1ccc(N)cc1. The van der Waals surface area contributed by atoms with Gasteiger partial charge in [0.25, 0.3) is 0 Å².